The first-order valence-corrected chi connectivity index (χ1v) is 7.80. The highest BCUT2D eigenvalue weighted by Gasteiger charge is 2.08. The number of hydrogen-bond donors (Lipinski definition) is 3. The predicted molar refractivity (Wildman–Crippen MR) is 94.4 cm³/mol. The molecule has 1 heterocycles. The van der Waals surface area contributed by atoms with Crippen LogP contribution in [0.15, 0.2) is 24.3 Å². The molecule has 0 radical (unpaired) electrons. The smallest absolute Gasteiger partial charge is 0.225 e. The van der Waals surface area contributed by atoms with E-state index in [0.29, 0.717) is 12.5 Å². The molecule has 1 aromatic carbocycles. The van der Waals surface area contributed by atoms with E-state index in [9.17, 15) is 0 Å². The van der Waals surface area contributed by atoms with Crippen molar-refractivity contribution >= 4 is 5.95 Å². The van der Waals surface area contributed by atoms with Gasteiger partial charge in [-0.3, -0.25) is 11.1 Å². The Morgan fingerprint density at radius 1 is 1.08 bits per heavy atom. The maximum absolute atomic E-state index is 6.03. The van der Waals surface area contributed by atoms with Gasteiger partial charge in [-0.15, -0.1) is 0 Å². The van der Waals surface area contributed by atoms with Gasteiger partial charge in [0.1, 0.15) is 17.8 Å². The number of hydrogen-bond acceptors (Lipinski definition) is 7. The normalized spacial score (nSPS) is 11.9. The van der Waals surface area contributed by atoms with Gasteiger partial charge in [0.05, 0.1) is 14.2 Å². The van der Waals surface area contributed by atoms with Crippen LogP contribution < -0.4 is 25.8 Å². The summed E-state index contributed by atoms with van der Waals surface area (Å²) in [5, 5.41) is 6.25. The number of rotatable bonds is 8. The van der Waals surface area contributed by atoms with Crippen molar-refractivity contribution in [2.75, 3.05) is 26.1 Å². The molecule has 0 bridgehead atoms. The highest BCUT2D eigenvalue weighted by Crippen LogP contribution is 2.24. The number of aryl methyl sites for hydroxylation is 2. The predicted octanol–water partition coefficient (Wildman–Crippen LogP) is 1.60. The Morgan fingerprint density at radius 2 is 1.79 bits per heavy atom. The molecular formula is C17H25N5O2. The van der Waals surface area contributed by atoms with Gasteiger partial charge in [0.2, 0.25) is 5.95 Å². The van der Waals surface area contributed by atoms with Crippen LogP contribution in [0.3, 0.4) is 0 Å². The fourth-order valence-electron chi connectivity index (χ4n) is 2.40. The molecule has 0 fully saturated rings. The second-order valence-electron chi connectivity index (χ2n) is 5.48. The van der Waals surface area contributed by atoms with E-state index in [1.165, 1.54) is 0 Å². The molecule has 7 nitrogen and oxygen atoms in total. The summed E-state index contributed by atoms with van der Waals surface area (Å²) in [6.07, 6.45) is 0.339. The fraction of sp³-hybridized carbons (Fsp3) is 0.412. The zero-order valence-corrected chi connectivity index (χ0v) is 14.6. The average molecular weight is 331 g/mol. The van der Waals surface area contributed by atoms with Gasteiger partial charge < -0.3 is 14.8 Å². The third-order valence-electron chi connectivity index (χ3n) is 3.52. The van der Waals surface area contributed by atoms with Crippen molar-refractivity contribution in [3.63, 3.8) is 0 Å². The maximum Gasteiger partial charge on any atom is 0.225 e. The van der Waals surface area contributed by atoms with Crippen LogP contribution in [0.4, 0.5) is 5.95 Å². The SMILES string of the molecule is COc1ccc(CCNC(N)Nc2nc(C)cc(C)n2)c(OC)c1. The molecule has 0 aliphatic heterocycles. The number of nitrogens with one attached hydrogen (secondary N) is 2. The molecule has 0 spiro atoms. The Labute approximate surface area is 142 Å². The van der Waals surface area contributed by atoms with E-state index in [-0.39, 0.29) is 0 Å². The molecule has 2 aromatic rings. The molecule has 24 heavy (non-hydrogen) atoms. The molecule has 1 unspecified atom stereocenters. The molecule has 1 aromatic heterocycles. The van der Waals surface area contributed by atoms with Crippen LogP contribution in [0.25, 0.3) is 0 Å². The number of benzene rings is 1. The number of methoxy groups -OCH3 is 2. The largest absolute Gasteiger partial charge is 0.497 e. The summed E-state index contributed by atoms with van der Waals surface area (Å²) in [6, 6.07) is 7.70. The van der Waals surface area contributed by atoms with Crippen molar-refractivity contribution in [1.82, 2.24) is 15.3 Å². The van der Waals surface area contributed by atoms with Crippen molar-refractivity contribution in [3.05, 3.63) is 41.2 Å². The summed E-state index contributed by atoms with van der Waals surface area (Å²) >= 11 is 0. The fourth-order valence-corrected chi connectivity index (χ4v) is 2.40. The summed E-state index contributed by atoms with van der Waals surface area (Å²) < 4.78 is 10.6. The van der Waals surface area contributed by atoms with Crippen molar-refractivity contribution in [2.45, 2.75) is 26.6 Å². The van der Waals surface area contributed by atoms with Gasteiger partial charge in [-0.25, -0.2) is 9.97 Å². The Balaban J connectivity index is 1.87. The molecule has 1 atom stereocenters. The minimum Gasteiger partial charge on any atom is -0.497 e. The van der Waals surface area contributed by atoms with Crippen LogP contribution in [-0.2, 0) is 6.42 Å². The number of aromatic nitrogens is 2. The number of ether oxygens (including phenoxy) is 2. The highest BCUT2D eigenvalue weighted by molar-refractivity contribution is 5.41. The van der Waals surface area contributed by atoms with E-state index in [1.807, 2.05) is 38.1 Å². The lowest BCUT2D eigenvalue weighted by Crippen LogP contribution is -2.45. The van der Waals surface area contributed by atoms with Crippen LogP contribution in [0, 0.1) is 13.8 Å². The number of anilines is 1. The zero-order chi connectivity index (χ0) is 17.5. The molecule has 130 valence electrons. The first kappa shape index (κ1) is 18.0. The van der Waals surface area contributed by atoms with E-state index in [1.54, 1.807) is 14.2 Å². The van der Waals surface area contributed by atoms with E-state index < -0.39 is 6.29 Å². The van der Waals surface area contributed by atoms with E-state index >= 15 is 0 Å². The van der Waals surface area contributed by atoms with Gasteiger partial charge in [-0.05, 0) is 38.0 Å². The maximum atomic E-state index is 6.03. The van der Waals surface area contributed by atoms with Crippen LogP contribution in [0.1, 0.15) is 17.0 Å². The van der Waals surface area contributed by atoms with Gasteiger partial charge in [0, 0.05) is 24.0 Å². The topological polar surface area (TPSA) is 94.3 Å². The van der Waals surface area contributed by atoms with Gasteiger partial charge in [0.25, 0.3) is 0 Å². The minimum absolute atomic E-state index is 0.435. The summed E-state index contributed by atoms with van der Waals surface area (Å²) in [6.45, 7) is 4.53. The van der Waals surface area contributed by atoms with Gasteiger partial charge in [-0.1, -0.05) is 6.07 Å². The number of nitrogens with two attached hydrogens (primary N) is 1. The van der Waals surface area contributed by atoms with Crippen LogP contribution in [-0.4, -0.2) is 37.0 Å². The second-order valence-corrected chi connectivity index (χ2v) is 5.48. The first-order valence-electron chi connectivity index (χ1n) is 7.80. The molecule has 0 aliphatic carbocycles. The van der Waals surface area contributed by atoms with Crippen molar-refractivity contribution in [1.29, 1.82) is 0 Å². The molecule has 4 N–H and O–H groups in total. The van der Waals surface area contributed by atoms with Crippen LogP contribution in [0.2, 0.25) is 0 Å². The van der Waals surface area contributed by atoms with E-state index in [4.69, 9.17) is 15.2 Å². The third kappa shape index (κ3) is 5.07. The molecule has 2 rings (SSSR count). The summed E-state index contributed by atoms with van der Waals surface area (Å²) in [7, 11) is 3.28. The van der Waals surface area contributed by atoms with Crippen molar-refractivity contribution in [2.24, 2.45) is 5.73 Å². The minimum atomic E-state index is -0.435. The van der Waals surface area contributed by atoms with Crippen molar-refractivity contribution < 1.29 is 9.47 Å². The Morgan fingerprint density at radius 3 is 2.42 bits per heavy atom. The summed E-state index contributed by atoms with van der Waals surface area (Å²) in [5.74, 6) is 2.10. The third-order valence-corrected chi connectivity index (χ3v) is 3.52. The lowest BCUT2D eigenvalue weighted by atomic mass is 10.1. The summed E-state index contributed by atoms with van der Waals surface area (Å²) in [4.78, 5) is 8.62. The van der Waals surface area contributed by atoms with E-state index in [0.717, 1.165) is 34.9 Å². The van der Waals surface area contributed by atoms with Gasteiger partial charge in [-0.2, -0.15) is 0 Å². The Bertz CT molecular complexity index is 658. The van der Waals surface area contributed by atoms with E-state index in [2.05, 4.69) is 20.6 Å². The zero-order valence-electron chi connectivity index (χ0n) is 14.6. The Hall–Kier alpha value is -2.38. The first-order chi connectivity index (χ1) is 11.5. The summed E-state index contributed by atoms with van der Waals surface area (Å²) in [5.41, 5.74) is 8.92. The molecular weight excluding hydrogens is 306 g/mol. The molecule has 0 saturated heterocycles. The average Bonchev–Trinajstić information content (AvgIpc) is 2.54. The quantitative estimate of drug-likeness (QED) is 0.632. The van der Waals surface area contributed by atoms with Gasteiger partial charge >= 0.3 is 0 Å². The standard InChI is InChI=1S/C17H25N5O2/c1-11-9-12(2)21-17(20-11)22-16(18)19-8-7-13-5-6-14(23-3)10-15(13)24-4/h5-6,9-10,16,19H,7-8,18H2,1-4H3,(H,20,21,22). The molecule has 0 saturated carbocycles. The van der Waals surface area contributed by atoms with Crippen LogP contribution in [0.5, 0.6) is 11.5 Å². The number of nitrogens with zero attached hydrogens (tertiary/aromatic N) is 2. The van der Waals surface area contributed by atoms with Crippen molar-refractivity contribution in [3.8, 4) is 11.5 Å². The van der Waals surface area contributed by atoms with Crippen LogP contribution >= 0.6 is 0 Å². The monoisotopic (exact) mass is 331 g/mol. The second kappa shape index (κ2) is 8.47. The molecule has 7 heteroatoms. The highest BCUT2D eigenvalue weighted by atomic mass is 16.5. The molecule has 0 amide bonds. The van der Waals surface area contributed by atoms with Gasteiger partial charge in [0.15, 0.2) is 0 Å². The lowest BCUT2D eigenvalue weighted by Gasteiger charge is -2.17. The molecule has 0 aliphatic rings. The Kier molecular flexibility index (Phi) is 6.34. The lowest BCUT2D eigenvalue weighted by molar-refractivity contribution is 0.390.